The van der Waals surface area contributed by atoms with Gasteiger partial charge >= 0.3 is 0 Å². The molecule has 0 aromatic heterocycles. The van der Waals surface area contributed by atoms with E-state index in [1.807, 2.05) is 0 Å². The molecule has 3 aliphatic rings. The maximum Gasteiger partial charge on any atom is 0.0357 e. The summed E-state index contributed by atoms with van der Waals surface area (Å²) >= 11 is 0. The lowest BCUT2D eigenvalue weighted by Crippen LogP contribution is -2.54. The van der Waals surface area contributed by atoms with Gasteiger partial charge in [-0.25, -0.2) is 0 Å². The first-order valence-electron chi connectivity index (χ1n) is 9.21. The highest BCUT2D eigenvalue weighted by Gasteiger charge is 2.25. The van der Waals surface area contributed by atoms with Gasteiger partial charge in [0.05, 0.1) is 0 Å². The summed E-state index contributed by atoms with van der Waals surface area (Å²) in [7, 11) is 0. The molecular formula is C18H32N4. The predicted molar refractivity (Wildman–Crippen MR) is 92.9 cm³/mol. The molecule has 0 aromatic carbocycles. The van der Waals surface area contributed by atoms with E-state index < -0.39 is 0 Å². The fourth-order valence-corrected chi connectivity index (χ4v) is 3.88. The second-order valence-corrected chi connectivity index (χ2v) is 6.93. The number of nitrogens with one attached hydrogen (secondary N) is 4. The van der Waals surface area contributed by atoms with Gasteiger partial charge in [0.25, 0.3) is 0 Å². The maximum atomic E-state index is 3.85. The molecule has 0 spiro atoms. The Bertz CT molecular complexity index is 385. The Hall–Kier alpha value is -0.840. The molecule has 3 unspecified atom stereocenters. The van der Waals surface area contributed by atoms with Gasteiger partial charge < -0.3 is 21.3 Å². The normalized spacial score (nSPS) is 32.4. The van der Waals surface area contributed by atoms with Gasteiger partial charge in [0, 0.05) is 43.5 Å². The van der Waals surface area contributed by atoms with Crippen molar-refractivity contribution in [2.45, 2.75) is 63.1 Å². The van der Waals surface area contributed by atoms with Crippen molar-refractivity contribution in [2.24, 2.45) is 0 Å². The SMILES string of the molecule is C1=CCNC(CNC2CCCCC2NCC2CCCCN2)=C1. The highest BCUT2D eigenvalue weighted by molar-refractivity contribution is 5.17. The molecule has 0 aromatic rings. The molecule has 3 rings (SSSR count). The molecule has 124 valence electrons. The molecule has 2 heterocycles. The Morgan fingerprint density at radius 2 is 1.82 bits per heavy atom. The summed E-state index contributed by atoms with van der Waals surface area (Å²) in [5.41, 5.74) is 1.32. The third-order valence-electron chi connectivity index (χ3n) is 5.24. The van der Waals surface area contributed by atoms with Gasteiger partial charge in [0.2, 0.25) is 0 Å². The second kappa shape index (κ2) is 8.70. The van der Waals surface area contributed by atoms with Crippen LogP contribution >= 0.6 is 0 Å². The van der Waals surface area contributed by atoms with E-state index >= 15 is 0 Å². The van der Waals surface area contributed by atoms with Crippen molar-refractivity contribution in [3.63, 3.8) is 0 Å². The summed E-state index contributed by atoms with van der Waals surface area (Å²) in [6.07, 6.45) is 15.9. The molecule has 1 saturated heterocycles. The summed E-state index contributed by atoms with van der Waals surface area (Å²) in [5.74, 6) is 0. The Morgan fingerprint density at radius 1 is 1.00 bits per heavy atom. The van der Waals surface area contributed by atoms with Gasteiger partial charge in [0.15, 0.2) is 0 Å². The summed E-state index contributed by atoms with van der Waals surface area (Å²) in [6.45, 7) is 4.26. The van der Waals surface area contributed by atoms with E-state index in [2.05, 4.69) is 39.5 Å². The Morgan fingerprint density at radius 3 is 2.55 bits per heavy atom. The summed E-state index contributed by atoms with van der Waals surface area (Å²) in [4.78, 5) is 0. The van der Waals surface area contributed by atoms with Gasteiger partial charge in [-0.3, -0.25) is 0 Å². The van der Waals surface area contributed by atoms with Crippen LogP contribution in [0.5, 0.6) is 0 Å². The van der Waals surface area contributed by atoms with Crippen LogP contribution in [-0.4, -0.2) is 44.3 Å². The van der Waals surface area contributed by atoms with Crippen LogP contribution in [0.4, 0.5) is 0 Å². The molecule has 0 bridgehead atoms. The van der Waals surface area contributed by atoms with E-state index in [0.29, 0.717) is 18.1 Å². The molecule has 4 nitrogen and oxygen atoms in total. The summed E-state index contributed by atoms with van der Waals surface area (Å²) in [6, 6.07) is 1.94. The van der Waals surface area contributed by atoms with E-state index in [0.717, 1.165) is 19.6 Å². The number of dihydropyridines is 1. The number of rotatable bonds is 6. The van der Waals surface area contributed by atoms with Crippen LogP contribution in [0.3, 0.4) is 0 Å². The minimum absolute atomic E-state index is 0.617. The summed E-state index contributed by atoms with van der Waals surface area (Å²) < 4.78 is 0. The molecular weight excluding hydrogens is 272 g/mol. The molecule has 4 N–H and O–H groups in total. The third-order valence-corrected chi connectivity index (χ3v) is 5.24. The van der Waals surface area contributed by atoms with Crippen molar-refractivity contribution in [3.8, 4) is 0 Å². The Kier molecular flexibility index (Phi) is 6.34. The Labute approximate surface area is 135 Å². The fourth-order valence-electron chi connectivity index (χ4n) is 3.88. The number of hydrogen-bond donors (Lipinski definition) is 4. The van der Waals surface area contributed by atoms with Crippen molar-refractivity contribution < 1.29 is 0 Å². The molecule has 1 saturated carbocycles. The Balaban J connectivity index is 1.43. The molecule has 2 aliphatic heterocycles. The van der Waals surface area contributed by atoms with E-state index in [1.54, 1.807) is 0 Å². The average molecular weight is 304 g/mol. The first kappa shape index (κ1) is 16.0. The first-order valence-corrected chi connectivity index (χ1v) is 9.21. The van der Waals surface area contributed by atoms with Gasteiger partial charge in [-0.05, 0) is 38.3 Å². The molecule has 4 heteroatoms. The van der Waals surface area contributed by atoms with Crippen LogP contribution in [0.1, 0.15) is 44.9 Å². The lowest BCUT2D eigenvalue weighted by atomic mass is 9.89. The third kappa shape index (κ3) is 4.83. The van der Waals surface area contributed by atoms with Crippen LogP contribution in [0.25, 0.3) is 0 Å². The van der Waals surface area contributed by atoms with Crippen LogP contribution in [0, 0.1) is 0 Å². The summed E-state index contributed by atoms with van der Waals surface area (Å²) in [5, 5.41) is 14.7. The van der Waals surface area contributed by atoms with Crippen molar-refractivity contribution in [1.82, 2.24) is 21.3 Å². The monoisotopic (exact) mass is 304 g/mol. The fraction of sp³-hybridized carbons (Fsp3) is 0.778. The highest BCUT2D eigenvalue weighted by Crippen LogP contribution is 2.19. The van der Waals surface area contributed by atoms with Gasteiger partial charge in [-0.15, -0.1) is 0 Å². The topological polar surface area (TPSA) is 48.1 Å². The number of piperidine rings is 1. The molecule has 0 amide bonds. The zero-order chi connectivity index (χ0) is 15.0. The van der Waals surface area contributed by atoms with E-state index in [9.17, 15) is 0 Å². The van der Waals surface area contributed by atoms with E-state index in [4.69, 9.17) is 0 Å². The minimum atomic E-state index is 0.617. The van der Waals surface area contributed by atoms with Crippen LogP contribution in [0.15, 0.2) is 23.9 Å². The van der Waals surface area contributed by atoms with Crippen molar-refractivity contribution in [3.05, 3.63) is 23.9 Å². The zero-order valence-electron chi connectivity index (χ0n) is 13.7. The van der Waals surface area contributed by atoms with E-state index in [-0.39, 0.29) is 0 Å². The van der Waals surface area contributed by atoms with Crippen LogP contribution < -0.4 is 21.3 Å². The van der Waals surface area contributed by atoms with Crippen molar-refractivity contribution >= 4 is 0 Å². The predicted octanol–water partition coefficient (Wildman–Crippen LogP) is 1.66. The number of allylic oxidation sites excluding steroid dienone is 2. The number of hydrogen-bond acceptors (Lipinski definition) is 4. The van der Waals surface area contributed by atoms with Crippen molar-refractivity contribution in [2.75, 3.05) is 26.2 Å². The van der Waals surface area contributed by atoms with Crippen molar-refractivity contribution in [1.29, 1.82) is 0 Å². The van der Waals surface area contributed by atoms with Crippen LogP contribution in [0.2, 0.25) is 0 Å². The maximum absolute atomic E-state index is 3.85. The smallest absolute Gasteiger partial charge is 0.0357 e. The molecule has 22 heavy (non-hydrogen) atoms. The van der Waals surface area contributed by atoms with Gasteiger partial charge in [0.1, 0.15) is 0 Å². The molecule has 1 aliphatic carbocycles. The standard InChI is InChI=1S/C18H32N4/c1-2-10-18(22-14-16-8-4-6-12-20-16)17(9-1)21-13-15-7-3-5-11-19-15/h3,5,7,16-22H,1-2,4,6,8-14H2. The van der Waals surface area contributed by atoms with Gasteiger partial charge in [-0.2, -0.15) is 0 Å². The molecule has 2 fully saturated rings. The largest absolute Gasteiger partial charge is 0.384 e. The zero-order valence-corrected chi connectivity index (χ0v) is 13.7. The van der Waals surface area contributed by atoms with Gasteiger partial charge in [-0.1, -0.05) is 31.4 Å². The first-order chi connectivity index (χ1) is 10.9. The average Bonchev–Trinajstić information content (AvgIpc) is 2.61. The van der Waals surface area contributed by atoms with E-state index in [1.165, 1.54) is 57.2 Å². The molecule has 0 radical (unpaired) electrons. The quantitative estimate of drug-likeness (QED) is 0.603. The lowest BCUT2D eigenvalue weighted by Gasteiger charge is -2.35. The lowest BCUT2D eigenvalue weighted by molar-refractivity contribution is 0.270. The molecule has 3 atom stereocenters. The van der Waals surface area contributed by atoms with Crippen LogP contribution in [-0.2, 0) is 0 Å². The highest BCUT2D eigenvalue weighted by atomic mass is 15.1. The minimum Gasteiger partial charge on any atom is -0.384 e. The second-order valence-electron chi connectivity index (χ2n) is 6.93.